The molecule has 4 rings (SSSR count). The van der Waals surface area contributed by atoms with Gasteiger partial charge in [-0.25, -0.2) is 15.0 Å². The maximum Gasteiger partial charge on any atom is 0.417 e. The van der Waals surface area contributed by atoms with Gasteiger partial charge in [-0.3, -0.25) is 4.79 Å². The highest BCUT2D eigenvalue weighted by Crippen LogP contribution is 2.36. The van der Waals surface area contributed by atoms with Crippen LogP contribution in [-0.2, 0) is 19.3 Å². The normalized spacial score (nSPS) is 14.1. The summed E-state index contributed by atoms with van der Waals surface area (Å²) in [6.07, 6.45) is 0.235. The van der Waals surface area contributed by atoms with Gasteiger partial charge in [0, 0.05) is 25.5 Å². The van der Waals surface area contributed by atoms with E-state index < -0.39 is 22.7 Å². The van der Waals surface area contributed by atoms with Gasteiger partial charge in [0.2, 0.25) is 0 Å². The number of rotatable bonds is 2. The number of carbonyl (C=O) groups is 1. The van der Waals surface area contributed by atoms with Crippen LogP contribution in [0.5, 0.6) is 0 Å². The van der Waals surface area contributed by atoms with Gasteiger partial charge in [0.05, 0.1) is 28.9 Å². The lowest BCUT2D eigenvalue weighted by Crippen LogP contribution is -2.38. The van der Waals surface area contributed by atoms with Crippen molar-refractivity contribution in [3.8, 4) is 11.5 Å². The number of imidazole rings is 1. The van der Waals surface area contributed by atoms with Crippen molar-refractivity contribution in [3.63, 3.8) is 0 Å². The number of benzene rings is 1. The Morgan fingerprint density at radius 3 is 2.54 bits per heavy atom. The summed E-state index contributed by atoms with van der Waals surface area (Å²) in [6, 6.07) is 5.03. The Morgan fingerprint density at radius 1 is 1.07 bits per heavy atom. The lowest BCUT2D eigenvalue weighted by molar-refractivity contribution is -0.137. The quantitative estimate of drug-likeness (QED) is 0.650. The molecular weight excluding hydrogens is 395 g/mol. The summed E-state index contributed by atoms with van der Waals surface area (Å²) in [5.74, 6) is 0.551. The molecule has 0 radical (unpaired) electrons. The number of aromatic nitrogens is 4. The fourth-order valence-electron chi connectivity index (χ4n) is 3.13. The fourth-order valence-corrected chi connectivity index (χ4v) is 3.44. The molecule has 6 nitrogen and oxygen atoms in total. The van der Waals surface area contributed by atoms with Crippen molar-refractivity contribution < 1.29 is 18.0 Å². The van der Waals surface area contributed by atoms with Crippen LogP contribution in [0.25, 0.3) is 11.5 Å². The molecule has 0 N–H and O–H groups in total. The number of nitrogens with zero attached hydrogens (tertiary/aromatic N) is 5. The maximum atomic E-state index is 13.1. The van der Waals surface area contributed by atoms with Crippen LogP contribution < -0.4 is 0 Å². The van der Waals surface area contributed by atoms with E-state index in [1.54, 1.807) is 24.7 Å². The van der Waals surface area contributed by atoms with E-state index in [1.165, 1.54) is 17.0 Å². The minimum absolute atomic E-state index is 0.151. The third-order valence-electron chi connectivity index (χ3n) is 4.48. The predicted octanol–water partition coefficient (Wildman–Crippen LogP) is 3.67. The molecule has 28 heavy (non-hydrogen) atoms. The van der Waals surface area contributed by atoms with E-state index in [1.807, 2.05) is 4.57 Å². The van der Waals surface area contributed by atoms with Crippen molar-refractivity contribution in [2.24, 2.45) is 0 Å². The zero-order valence-electron chi connectivity index (χ0n) is 14.3. The van der Waals surface area contributed by atoms with E-state index in [-0.39, 0.29) is 12.1 Å². The molecular formula is C18H13ClF3N5O. The number of alkyl halides is 3. The molecule has 0 aliphatic carbocycles. The number of fused-ring (bicyclic) bond motifs is 1. The van der Waals surface area contributed by atoms with Crippen LogP contribution in [0.1, 0.15) is 21.7 Å². The van der Waals surface area contributed by atoms with Crippen molar-refractivity contribution in [2.45, 2.75) is 19.3 Å². The summed E-state index contributed by atoms with van der Waals surface area (Å²) in [7, 11) is 0. The minimum Gasteiger partial charge on any atom is -0.329 e. The van der Waals surface area contributed by atoms with Crippen LogP contribution in [0, 0.1) is 0 Å². The van der Waals surface area contributed by atoms with Gasteiger partial charge in [0.25, 0.3) is 5.91 Å². The molecule has 0 spiro atoms. The zero-order valence-corrected chi connectivity index (χ0v) is 15.1. The highest BCUT2D eigenvalue weighted by atomic mass is 35.5. The number of amides is 1. The van der Waals surface area contributed by atoms with E-state index in [2.05, 4.69) is 15.0 Å². The van der Waals surface area contributed by atoms with Gasteiger partial charge in [-0.2, -0.15) is 13.2 Å². The van der Waals surface area contributed by atoms with Crippen molar-refractivity contribution in [1.29, 1.82) is 0 Å². The lowest BCUT2D eigenvalue weighted by Gasteiger charge is -2.29. The van der Waals surface area contributed by atoms with Gasteiger partial charge in [0.15, 0.2) is 5.82 Å². The second-order valence-electron chi connectivity index (χ2n) is 6.18. The molecule has 0 saturated carbocycles. The van der Waals surface area contributed by atoms with Crippen LogP contribution in [-0.4, -0.2) is 36.9 Å². The van der Waals surface area contributed by atoms with Gasteiger partial charge < -0.3 is 9.47 Å². The monoisotopic (exact) mass is 407 g/mol. The molecule has 0 unspecified atom stereocenters. The first-order valence-electron chi connectivity index (χ1n) is 8.33. The Morgan fingerprint density at radius 2 is 1.82 bits per heavy atom. The molecule has 1 aliphatic rings. The smallest absolute Gasteiger partial charge is 0.329 e. The Bertz CT molecular complexity index is 1040. The first kappa shape index (κ1) is 18.4. The third kappa shape index (κ3) is 3.22. The first-order chi connectivity index (χ1) is 13.4. The van der Waals surface area contributed by atoms with E-state index in [0.717, 1.165) is 11.8 Å². The van der Waals surface area contributed by atoms with Gasteiger partial charge >= 0.3 is 6.18 Å². The molecule has 3 heterocycles. The Labute approximate surface area is 162 Å². The van der Waals surface area contributed by atoms with Gasteiger partial charge in [-0.1, -0.05) is 17.7 Å². The maximum absolute atomic E-state index is 13.1. The summed E-state index contributed by atoms with van der Waals surface area (Å²) in [5, 5.41) is -0.590. The zero-order chi connectivity index (χ0) is 19.9. The van der Waals surface area contributed by atoms with Crippen LogP contribution in [0.4, 0.5) is 13.2 Å². The molecule has 144 valence electrons. The van der Waals surface area contributed by atoms with Crippen molar-refractivity contribution in [1.82, 2.24) is 24.4 Å². The summed E-state index contributed by atoms with van der Waals surface area (Å²) in [4.78, 5) is 26.9. The van der Waals surface area contributed by atoms with Crippen molar-refractivity contribution in [2.75, 3.05) is 6.54 Å². The minimum atomic E-state index is -4.63. The summed E-state index contributed by atoms with van der Waals surface area (Å²) >= 11 is 5.89. The van der Waals surface area contributed by atoms with Crippen molar-refractivity contribution >= 4 is 17.5 Å². The van der Waals surface area contributed by atoms with Gasteiger partial charge in [-0.05, 0) is 18.2 Å². The van der Waals surface area contributed by atoms with Crippen LogP contribution in [0.2, 0.25) is 5.02 Å². The second-order valence-corrected chi connectivity index (χ2v) is 6.55. The largest absolute Gasteiger partial charge is 0.417 e. The van der Waals surface area contributed by atoms with Gasteiger partial charge in [0.1, 0.15) is 11.5 Å². The molecule has 0 atom stereocenters. The van der Waals surface area contributed by atoms with Crippen LogP contribution >= 0.6 is 11.6 Å². The number of halogens is 4. The van der Waals surface area contributed by atoms with E-state index in [4.69, 9.17) is 11.6 Å². The lowest BCUT2D eigenvalue weighted by atomic mass is 10.1. The average Bonchev–Trinajstić information content (AvgIpc) is 3.10. The SMILES string of the molecule is O=C(c1cccc(C(F)(F)F)c1Cl)N1CCn2c(-c3ncccn3)cnc2C1. The molecule has 1 aromatic carbocycles. The molecule has 0 bridgehead atoms. The average molecular weight is 408 g/mol. The molecule has 1 aliphatic heterocycles. The van der Waals surface area contributed by atoms with E-state index >= 15 is 0 Å². The number of hydrogen-bond donors (Lipinski definition) is 0. The topological polar surface area (TPSA) is 63.9 Å². The summed E-state index contributed by atoms with van der Waals surface area (Å²) in [6.45, 7) is 0.873. The molecule has 0 fully saturated rings. The number of hydrogen-bond acceptors (Lipinski definition) is 4. The summed E-state index contributed by atoms with van der Waals surface area (Å²) < 4.78 is 41.1. The Balaban J connectivity index is 1.61. The van der Waals surface area contributed by atoms with Gasteiger partial charge in [-0.15, -0.1) is 0 Å². The molecule has 0 saturated heterocycles. The first-order valence-corrected chi connectivity index (χ1v) is 8.71. The molecule has 1 amide bonds. The summed E-state index contributed by atoms with van der Waals surface area (Å²) in [5.41, 5.74) is -0.482. The van der Waals surface area contributed by atoms with Crippen LogP contribution in [0.15, 0.2) is 42.9 Å². The van der Waals surface area contributed by atoms with E-state index in [9.17, 15) is 18.0 Å². The number of carbonyl (C=O) groups excluding carboxylic acids is 1. The standard InChI is InChI=1S/C18H13ClF3N5O/c19-15-11(3-1-4-12(15)18(20,21)22)17(28)26-7-8-27-13(9-25-14(27)10-26)16-23-5-2-6-24-16/h1-6,9H,7-8,10H2. The van der Waals surface area contributed by atoms with E-state index in [0.29, 0.717) is 24.7 Å². The van der Waals surface area contributed by atoms with Crippen LogP contribution in [0.3, 0.4) is 0 Å². The van der Waals surface area contributed by atoms with Crippen molar-refractivity contribution in [3.05, 3.63) is 64.8 Å². The molecule has 10 heteroatoms. The predicted molar refractivity (Wildman–Crippen MR) is 94.4 cm³/mol. The second kappa shape index (κ2) is 6.90. The fraction of sp³-hybridized carbons (Fsp3) is 0.222. The Kier molecular flexibility index (Phi) is 4.54. The highest BCUT2D eigenvalue weighted by Gasteiger charge is 2.35. The highest BCUT2D eigenvalue weighted by molar-refractivity contribution is 6.34. The third-order valence-corrected chi connectivity index (χ3v) is 4.89. The molecule has 2 aromatic heterocycles. The molecule has 3 aromatic rings. The Hall–Kier alpha value is -2.94.